The molecule has 1 aromatic carbocycles. The molecule has 1 fully saturated rings. The molecule has 26 heavy (non-hydrogen) atoms. The number of hydrogen-bond acceptors (Lipinski definition) is 3. The number of rotatable bonds is 6. The van der Waals surface area contributed by atoms with Crippen molar-refractivity contribution in [1.29, 1.82) is 0 Å². The Hall–Kier alpha value is -1.59. The molecule has 0 aromatic heterocycles. The van der Waals surface area contributed by atoms with Crippen molar-refractivity contribution in [1.82, 2.24) is 10.2 Å². The lowest BCUT2D eigenvalue weighted by Crippen LogP contribution is -2.49. The lowest BCUT2D eigenvalue weighted by molar-refractivity contribution is -0.137. The molecule has 0 spiro atoms. The largest absolute Gasteiger partial charge is 0.352 e. The van der Waals surface area contributed by atoms with Crippen LogP contribution in [0.15, 0.2) is 24.3 Å². The van der Waals surface area contributed by atoms with Crippen LogP contribution < -0.4 is 11.1 Å². The summed E-state index contributed by atoms with van der Waals surface area (Å²) in [5, 5.41) is 3.01. The number of likely N-dealkylation sites (tertiary alicyclic amines) is 1. The second-order valence-electron chi connectivity index (χ2n) is 7.54. The summed E-state index contributed by atoms with van der Waals surface area (Å²) >= 11 is 0. The summed E-state index contributed by atoms with van der Waals surface area (Å²) in [5.41, 5.74) is 8.31. The lowest BCUT2D eigenvalue weighted by Gasteiger charge is -2.33. The zero-order chi connectivity index (χ0) is 18.4. The number of piperidine rings is 1. The van der Waals surface area contributed by atoms with E-state index in [9.17, 15) is 9.59 Å². The van der Waals surface area contributed by atoms with E-state index in [0.717, 1.165) is 5.56 Å². The van der Waals surface area contributed by atoms with Crippen LogP contribution in [0.2, 0.25) is 0 Å². The van der Waals surface area contributed by atoms with Crippen molar-refractivity contribution in [3.05, 3.63) is 35.4 Å². The molecule has 2 rings (SSSR count). The predicted molar refractivity (Wildman–Crippen MR) is 107 cm³/mol. The van der Waals surface area contributed by atoms with Gasteiger partial charge in [-0.25, -0.2) is 0 Å². The summed E-state index contributed by atoms with van der Waals surface area (Å²) in [6.07, 6.45) is 2.12. The van der Waals surface area contributed by atoms with Gasteiger partial charge in [0.1, 0.15) is 0 Å². The third kappa shape index (κ3) is 6.61. The Bertz CT molecular complexity index is 581. The molecule has 3 N–H and O–H groups in total. The summed E-state index contributed by atoms with van der Waals surface area (Å²) < 4.78 is 0. The monoisotopic (exact) mass is 381 g/mol. The minimum atomic E-state index is -0.424. The second-order valence-corrected chi connectivity index (χ2v) is 7.54. The average Bonchev–Trinajstić information content (AvgIpc) is 2.60. The molecule has 5 nitrogen and oxygen atoms in total. The highest BCUT2D eigenvalue weighted by Crippen LogP contribution is 2.19. The third-order valence-corrected chi connectivity index (χ3v) is 4.81. The minimum absolute atomic E-state index is 0. The van der Waals surface area contributed by atoms with Gasteiger partial charge in [0.25, 0.3) is 0 Å². The van der Waals surface area contributed by atoms with Gasteiger partial charge in [-0.2, -0.15) is 0 Å². The smallest absolute Gasteiger partial charge is 0.239 e. The standard InChI is InChI=1S/C20H31N3O2.ClH/c1-14(2)12-18(21)20(25)23-10-8-17(9-11-23)19(24)22-13-16-6-4-15(3)5-7-16;/h4-7,14,17-18H,8-13,21H2,1-3H3,(H,22,24);1H/t18-;/m0./s1. The van der Waals surface area contributed by atoms with E-state index >= 15 is 0 Å². The molecule has 1 aliphatic heterocycles. The molecule has 0 bridgehead atoms. The Kier molecular flexibility index (Phi) is 9.09. The molecule has 1 atom stereocenters. The van der Waals surface area contributed by atoms with Crippen molar-refractivity contribution < 1.29 is 9.59 Å². The van der Waals surface area contributed by atoms with Gasteiger partial charge in [-0.3, -0.25) is 9.59 Å². The Morgan fingerprint density at radius 1 is 1.19 bits per heavy atom. The van der Waals surface area contributed by atoms with Gasteiger partial charge in [0.05, 0.1) is 6.04 Å². The number of carbonyl (C=O) groups excluding carboxylic acids is 2. The first kappa shape index (κ1) is 22.5. The maximum atomic E-state index is 12.4. The van der Waals surface area contributed by atoms with E-state index in [4.69, 9.17) is 5.73 Å². The minimum Gasteiger partial charge on any atom is -0.352 e. The van der Waals surface area contributed by atoms with E-state index < -0.39 is 6.04 Å². The molecule has 1 aliphatic rings. The van der Waals surface area contributed by atoms with Gasteiger partial charge in [-0.15, -0.1) is 12.4 Å². The van der Waals surface area contributed by atoms with E-state index in [0.29, 0.717) is 44.8 Å². The van der Waals surface area contributed by atoms with Crippen LogP contribution >= 0.6 is 12.4 Å². The predicted octanol–water partition coefficient (Wildman–Crippen LogP) is 2.65. The van der Waals surface area contributed by atoms with Crippen LogP contribution in [-0.4, -0.2) is 35.8 Å². The van der Waals surface area contributed by atoms with Gasteiger partial charge in [0, 0.05) is 25.6 Å². The molecule has 1 saturated heterocycles. The van der Waals surface area contributed by atoms with Crippen molar-refractivity contribution in [3.8, 4) is 0 Å². The van der Waals surface area contributed by atoms with Gasteiger partial charge < -0.3 is 16.0 Å². The fraction of sp³-hybridized carbons (Fsp3) is 0.600. The lowest BCUT2D eigenvalue weighted by atomic mass is 9.94. The Morgan fingerprint density at radius 2 is 1.77 bits per heavy atom. The maximum Gasteiger partial charge on any atom is 0.239 e. The van der Waals surface area contributed by atoms with Gasteiger partial charge in [0.15, 0.2) is 0 Å². The Morgan fingerprint density at radius 3 is 2.31 bits per heavy atom. The number of amides is 2. The van der Waals surface area contributed by atoms with Crippen molar-refractivity contribution in [2.24, 2.45) is 17.6 Å². The second kappa shape index (κ2) is 10.5. The molecule has 2 amide bonds. The normalized spacial score (nSPS) is 16.1. The summed E-state index contributed by atoms with van der Waals surface area (Å²) in [7, 11) is 0. The number of nitrogens with one attached hydrogen (secondary N) is 1. The molecular formula is C20H32ClN3O2. The zero-order valence-electron chi connectivity index (χ0n) is 16.0. The van der Waals surface area contributed by atoms with E-state index in [-0.39, 0.29) is 30.1 Å². The molecule has 0 aliphatic carbocycles. The van der Waals surface area contributed by atoms with Gasteiger partial charge in [0.2, 0.25) is 11.8 Å². The van der Waals surface area contributed by atoms with Crippen LogP contribution in [0, 0.1) is 18.8 Å². The highest BCUT2D eigenvalue weighted by atomic mass is 35.5. The van der Waals surface area contributed by atoms with Gasteiger partial charge in [-0.05, 0) is 37.7 Å². The summed E-state index contributed by atoms with van der Waals surface area (Å²) in [4.78, 5) is 26.5. The Balaban J connectivity index is 0.00000338. The molecule has 6 heteroatoms. The molecule has 0 saturated carbocycles. The van der Waals surface area contributed by atoms with Crippen LogP contribution in [0.1, 0.15) is 44.2 Å². The van der Waals surface area contributed by atoms with E-state index in [1.165, 1.54) is 5.56 Å². The van der Waals surface area contributed by atoms with Crippen LogP contribution in [0.25, 0.3) is 0 Å². The first-order valence-electron chi connectivity index (χ1n) is 9.24. The van der Waals surface area contributed by atoms with Gasteiger partial charge >= 0.3 is 0 Å². The first-order valence-corrected chi connectivity index (χ1v) is 9.24. The number of hydrogen-bond donors (Lipinski definition) is 2. The highest BCUT2D eigenvalue weighted by Gasteiger charge is 2.29. The topological polar surface area (TPSA) is 75.4 Å². The van der Waals surface area contributed by atoms with Crippen LogP contribution in [0.4, 0.5) is 0 Å². The Labute approximate surface area is 163 Å². The number of carbonyl (C=O) groups is 2. The summed E-state index contributed by atoms with van der Waals surface area (Å²) in [6, 6.07) is 7.74. The number of nitrogens with two attached hydrogens (primary N) is 1. The van der Waals surface area contributed by atoms with Crippen LogP contribution in [0.5, 0.6) is 0 Å². The number of aryl methyl sites for hydroxylation is 1. The number of benzene rings is 1. The quantitative estimate of drug-likeness (QED) is 0.795. The van der Waals surface area contributed by atoms with Crippen LogP contribution in [0.3, 0.4) is 0 Å². The molecule has 146 valence electrons. The van der Waals surface area contributed by atoms with E-state index in [2.05, 4.69) is 19.2 Å². The molecule has 0 radical (unpaired) electrons. The molecular weight excluding hydrogens is 350 g/mol. The SMILES string of the molecule is Cc1ccc(CNC(=O)C2CCN(C(=O)[C@@H](N)CC(C)C)CC2)cc1.Cl. The molecule has 1 heterocycles. The van der Waals surface area contributed by atoms with Crippen molar-refractivity contribution in [2.45, 2.75) is 52.6 Å². The van der Waals surface area contributed by atoms with Gasteiger partial charge in [-0.1, -0.05) is 43.7 Å². The van der Waals surface area contributed by atoms with Crippen LogP contribution in [-0.2, 0) is 16.1 Å². The van der Waals surface area contributed by atoms with Crippen molar-refractivity contribution in [3.63, 3.8) is 0 Å². The third-order valence-electron chi connectivity index (χ3n) is 4.81. The molecule has 1 aromatic rings. The van der Waals surface area contributed by atoms with Crippen molar-refractivity contribution >= 4 is 24.2 Å². The fourth-order valence-corrected chi connectivity index (χ4v) is 3.24. The average molecular weight is 382 g/mol. The number of nitrogens with zero attached hydrogens (tertiary/aromatic N) is 1. The summed E-state index contributed by atoms with van der Waals surface area (Å²) in [6.45, 7) is 7.97. The first-order chi connectivity index (χ1) is 11.9. The molecule has 0 unspecified atom stereocenters. The fourth-order valence-electron chi connectivity index (χ4n) is 3.24. The van der Waals surface area contributed by atoms with E-state index in [1.807, 2.05) is 36.1 Å². The zero-order valence-corrected chi connectivity index (χ0v) is 16.8. The highest BCUT2D eigenvalue weighted by molar-refractivity contribution is 5.85. The van der Waals surface area contributed by atoms with E-state index in [1.54, 1.807) is 0 Å². The maximum absolute atomic E-state index is 12.4. The number of halogens is 1. The van der Waals surface area contributed by atoms with Crippen molar-refractivity contribution in [2.75, 3.05) is 13.1 Å². The summed E-state index contributed by atoms with van der Waals surface area (Å²) in [5.74, 6) is 0.492.